The van der Waals surface area contributed by atoms with Crippen molar-refractivity contribution < 1.29 is 9.59 Å². The molecule has 1 saturated heterocycles. The average Bonchev–Trinajstić information content (AvgIpc) is 2.91. The minimum absolute atomic E-state index is 0.00741. The van der Waals surface area contributed by atoms with Gasteiger partial charge in [0.2, 0.25) is 11.8 Å². The molecule has 2 fully saturated rings. The van der Waals surface area contributed by atoms with E-state index >= 15 is 0 Å². The third-order valence-electron chi connectivity index (χ3n) is 6.69. The molecular weight excluding hydrogens is 342 g/mol. The van der Waals surface area contributed by atoms with Crippen LogP contribution in [0.3, 0.4) is 0 Å². The summed E-state index contributed by atoms with van der Waals surface area (Å²) in [7, 11) is 4.18. The number of amides is 2. The Morgan fingerprint density at radius 3 is 2.44 bits per heavy atom. The molecule has 3 rings (SSSR count). The van der Waals surface area contributed by atoms with Gasteiger partial charge < -0.3 is 10.6 Å². The van der Waals surface area contributed by atoms with Crippen molar-refractivity contribution in [1.82, 2.24) is 19.8 Å². The molecule has 0 aromatic carbocycles. The zero-order valence-corrected chi connectivity index (χ0v) is 16.9. The molecule has 0 unspecified atom stereocenters. The standard InChI is InChI=1S/C20H31N5O2/c1-18(2,17(21)27)13-25-14-19(11-16(25)26)5-7-20(8-6-19,24(3)4)15-12-22-9-10-23-15/h9-10,12H,5-8,11,13-14H2,1-4H3,(H2,21,27)/t19-,20-. The minimum atomic E-state index is -0.705. The van der Waals surface area contributed by atoms with Gasteiger partial charge in [-0.15, -0.1) is 0 Å². The van der Waals surface area contributed by atoms with Crippen LogP contribution in [-0.2, 0) is 15.1 Å². The monoisotopic (exact) mass is 373 g/mol. The first-order chi connectivity index (χ1) is 12.6. The number of hydrogen-bond acceptors (Lipinski definition) is 5. The lowest BCUT2D eigenvalue weighted by Gasteiger charge is -2.48. The van der Waals surface area contributed by atoms with E-state index in [1.54, 1.807) is 26.2 Å². The van der Waals surface area contributed by atoms with E-state index in [-0.39, 0.29) is 22.8 Å². The summed E-state index contributed by atoms with van der Waals surface area (Å²) in [6.45, 7) is 4.72. The second kappa shape index (κ2) is 6.86. The van der Waals surface area contributed by atoms with Gasteiger partial charge in [0, 0.05) is 31.9 Å². The average molecular weight is 374 g/mol. The van der Waals surface area contributed by atoms with Crippen LogP contribution in [0.1, 0.15) is 51.6 Å². The molecule has 2 aliphatic rings. The van der Waals surface area contributed by atoms with Gasteiger partial charge >= 0.3 is 0 Å². The maximum absolute atomic E-state index is 12.7. The Hall–Kier alpha value is -2.02. The SMILES string of the molecule is CN(C)[C@]1(c2cnccn2)CC[C@@]2(CC1)CC(=O)N(CC(C)(C)C(N)=O)C2. The molecule has 1 spiro atoms. The van der Waals surface area contributed by atoms with Crippen LogP contribution in [-0.4, -0.2) is 58.8 Å². The summed E-state index contributed by atoms with van der Waals surface area (Å²) in [5.74, 6) is -0.227. The lowest BCUT2D eigenvalue weighted by Crippen LogP contribution is -2.48. The van der Waals surface area contributed by atoms with E-state index in [1.807, 2.05) is 11.1 Å². The minimum Gasteiger partial charge on any atom is -0.369 e. The highest BCUT2D eigenvalue weighted by molar-refractivity contribution is 5.83. The van der Waals surface area contributed by atoms with Gasteiger partial charge in [-0.05, 0) is 59.0 Å². The molecule has 7 heteroatoms. The molecule has 1 aromatic heterocycles. The molecule has 27 heavy (non-hydrogen) atoms. The van der Waals surface area contributed by atoms with Crippen molar-refractivity contribution in [2.45, 2.75) is 51.5 Å². The van der Waals surface area contributed by atoms with Crippen molar-refractivity contribution in [3.8, 4) is 0 Å². The van der Waals surface area contributed by atoms with Gasteiger partial charge in [0.25, 0.3) is 0 Å². The first-order valence-corrected chi connectivity index (χ1v) is 9.62. The van der Waals surface area contributed by atoms with Gasteiger partial charge in [-0.2, -0.15) is 0 Å². The fraction of sp³-hybridized carbons (Fsp3) is 0.700. The van der Waals surface area contributed by atoms with E-state index in [2.05, 4.69) is 29.0 Å². The molecular formula is C20H31N5O2. The van der Waals surface area contributed by atoms with Crippen LogP contribution in [0.4, 0.5) is 0 Å². The lowest BCUT2D eigenvalue weighted by molar-refractivity contribution is -0.132. The number of rotatable bonds is 5. The quantitative estimate of drug-likeness (QED) is 0.845. The van der Waals surface area contributed by atoms with Crippen LogP contribution < -0.4 is 5.73 Å². The summed E-state index contributed by atoms with van der Waals surface area (Å²) in [5, 5.41) is 0. The van der Waals surface area contributed by atoms with Crippen LogP contribution in [0.15, 0.2) is 18.6 Å². The number of primary amides is 1. The Bertz CT molecular complexity index is 708. The first kappa shape index (κ1) is 19.7. The summed E-state index contributed by atoms with van der Waals surface area (Å²) in [6, 6.07) is 0. The molecule has 148 valence electrons. The summed E-state index contributed by atoms with van der Waals surface area (Å²) >= 11 is 0. The summed E-state index contributed by atoms with van der Waals surface area (Å²) in [5.41, 5.74) is 5.65. The van der Waals surface area contributed by atoms with Gasteiger partial charge in [-0.25, -0.2) is 0 Å². The third kappa shape index (κ3) is 3.57. The Morgan fingerprint density at radius 1 is 1.26 bits per heavy atom. The van der Waals surface area contributed by atoms with Crippen LogP contribution in [0.5, 0.6) is 0 Å². The van der Waals surface area contributed by atoms with Crippen molar-refractivity contribution in [1.29, 1.82) is 0 Å². The normalized spacial score (nSPS) is 28.9. The fourth-order valence-electron chi connectivity index (χ4n) is 4.68. The zero-order valence-electron chi connectivity index (χ0n) is 16.9. The maximum atomic E-state index is 12.7. The van der Waals surface area contributed by atoms with Gasteiger partial charge in [0.15, 0.2) is 0 Å². The second-order valence-corrected chi connectivity index (χ2v) is 9.19. The largest absolute Gasteiger partial charge is 0.369 e. The van der Waals surface area contributed by atoms with E-state index in [9.17, 15) is 9.59 Å². The molecule has 1 aliphatic carbocycles. The van der Waals surface area contributed by atoms with E-state index in [0.29, 0.717) is 19.5 Å². The highest BCUT2D eigenvalue weighted by Crippen LogP contribution is 2.51. The topological polar surface area (TPSA) is 92.4 Å². The number of carbonyl (C=O) groups excluding carboxylic acids is 2. The van der Waals surface area contributed by atoms with Crippen molar-refractivity contribution >= 4 is 11.8 Å². The van der Waals surface area contributed by atoms with Crippen molar-refractivity contribution in [3.05, 3.63) is 24.3 Å². The molecule has 0 bridgehead atoms. The Labute approximate surface area is 161 Å². The lowest BCUT2D eigenvalue weighted by atomic mass is 9.65. The predicted molar refractivity (Wildman–Crippen MR) is 102 cm³/mol. The van der Waals surface area contributed by atoms with Gasteiger partial charge in [0.05, 0.1) is 22.8 Å². The predicted octanol–water partition coefficient (Wildman–Crippen LogP) is 1.54. The number of nitrogens with zero attached hydrogens (tertiary/aromatic N) is 4. The van der Waals surface area contributed by atoms with Crippen molar-refractivity contribution in [2.24, 2.45) is 16.6 Å². The molecule has 1 aliphatic heterocycles. The molecule has 2 heterocycles. The van der Waals surface area contributed by atoms with E-state index < -0.39 is 5.41 Å². The number of hydrogen-bond donors (Lipinski definition) is 1. The molecule has 2 amide bonds. The van der Waals surface area contributed by atoms with Crippen molar-refractivity contribution in [3.63, 3.8) is 0 Å². The van der Waals surface area contributed by atoms with E-state index in [4.69, 9.17) is 5.73 Å². The second-order valence-electron chi connectivity index (χ2n) is 9.19. The highest BCUT2D eigenvalue weighted by Gasteiger charge is 2.51. The van der Waals surface area contributed by atoms with Gasteiger partial charge in [0.1, 0.15) is 0 Å². The molecule has 1 aromatic rings. The smallest absolute Gasteiger partial charge is 0.224 e. The molecule has 0 radical (unpaired) electrons. The Kier molecular flexibility index (Phi) is 5.01. The van der Waals surface area contributed by atoms with E-state index in [0.717, 1.165) is 31.4 Å². The van der Waals surface area contributed by atoms with Crippen LogP contribution in [0, 0.1) is 10.8 Å². The molecule has 2 N–H and O–H groups in total. The third-order valence-corrected chi connectivity index (χ3v) is 6.69. The zero-order chi connectivity index (χ0) is 19.9. The molecule has 0 atom stereocenters. The van der Waals surface area contributed by atoms with Gasteiger partial charge in [-0.3, -0.25) is 24.5 Å². The van der Waals surface area contributed by atoms with Crippen molar-refractivity contribution in [2.75, 3.05) is 27.2 Å². The number of likely N-dealkylation sites (tertiary alicyclic amines) is 1. The Balaban J connectivity index is 1.75. The Morgan fingerprint density at radius 2 is 1.93 bits per heavy atom. The van der Waals surface area contributed by atoms with Crippen LogP contribution in [0.2, 0.25) is 0 Å². The summed E-state index contributed by atoms with van der Waals surface area (Å²) in [6.07, 6.45) is 9.67. The first-order valence-electron chi connectivity index (χ1n) is 9.62. The maximum Gasteiger partial charge on any atom is 0.224 e. The molecule has 1 saturated carbocycles. The number of nitrogens with two attached hydrogens (primary N) is 1. The van der Waals surface area contributed by atoms with Crippen LogP contribution >= 0.6 is 0 Å². The van der Waals surface area contributed by atoms with Gasteiger partial charge in [-0.1, -0.05) is 0 Å². The summed E-state index contributed by atoms with van der Waals surface area (Å²) < 4.78 is 0. The van der Waals surface area contributed by atoms with E-state index in [1.165, 1.54) is 0 Å². The highest BCUT2D eigenvalue weighted by atomic mass is 16.2. The fourth-order valence-corrected chi connectivity index (χ4v) is 4.68. The summed E-state index contributed by atoms with van der Waals surface area (Å²) in [4.78, 5) is 37.2. The van der Waals surface area contributed by atoms with Crippen LogP contribution in [0.25, 0.3) is 0 Å². The number of carbonyl (C=O) groups is 2. The molecule has 7 nitrogen and oxygen atoms in total. The number of aromatic nitrogens is 2.